The Bertz CT molecular complexity index is 750. The number of aromatic carboxylic acids is 1. The Morgan fingerprint density at radius 1 is 1.33 bits per heavy atom. The van der Waals surface area contributed by atoms with Crippen molar-refractivity contribution in [3.05, 3.63) is 40.9 Å². The number of hydrogen-bond donors (Lipinski definition) is 1. The van der Waals surface area contributed by atoms with Gasteiger partial charge in [0.15, 0.2) is 0 Å². The van der Waals surface area contributed by atoms with Crippen LogP contribution in [0.1, 0.15) is 35.7 Å². The van der Waals surface area contributed by atoms with E-state index in [-0.39, 0.29) is 5.56 Å². The van der Waals surface area contributed by atoms with Gasteiger partial charge in [-0.15, -0.1) is 0 Å². The molecule has 6 nitrogen and oxygen atoms in total. The number of carbonyl (C=O) groups is 1. The molecule has 1 aromatic heterocycles. The van der Waals surface area contributed by atoms with Crippen molar-refractivity contribution in [2.75, 3.05) is 0 Å². The van der Waals surface area contributed by atoms with E-state index in [9.17, 15) is 15.3 Å². The Hall–Kier alpha value is -2.99. The van der Waals surface area contributed by atoms with Crippen LogP contribution in [0.5, 0.6) is 0 Å². The first-order valence-corrected chi connectivity index (χ1v) is 6.23. The predicted octanol–water partition coefficient (Wildman–Crippen LogP) is 2.28. The molecule has 2 heterocycles. The molecule has 21 heavy (non-hydrogen) atoms. The number of carboxylic acid groups (broad SMARTS) is 1. The molecule has 0 saturated heterocycles. The lowest BCUT2D eigenvalue weighted by molar-refractivity contribution is 0.0696. The van der Waals surface area contributed by atoms with E-state index in [1.54, 1.807) is 13.8 Å². The van der Waals surface area contributed by atoms with Crippen molar-refractivity contribution in [1.82, 2.24) is 4.98 Å². The Morgan fingerprint density at radius 3 is 2.62 bits per heavy atom. The van der Waals surface area contributed by atoms with E-state index in [2.05, 4.69) is 22.1 Å². The average molecular weight is 280 g/mol. The highest BCUT2D eigenvalue weighted by Crippen LogP contribution is 2.37. The highest BCUT2D eigenvalue weighted by Gasteiger charge is 2.34. The largest absolute Gasteiger partial charge is 0.478 e. The zero-order valence-corrected chi connectivity index (χ0v) is 11.5. The van der Waals surface area contributed by atoms with Crippen LogP contribution in [0.4, 0.5) is 0 Å². The number of aromatic nitrogens is 1. The molecule has 1 aliphatic rings. The van der Waals surface area contributed by atoms with Gasteiger partial charge in [0.05, 0.1) is 34.9 Å². The molecule has 2 unspecified atom stereocenters. The SMILES string of the molecule is CC1=NC(C)=C(C#N)C(c2cncc(C(=O)O)c2)C1C#N. The number of carboxylic acids is 1. The van der Waals surface area contributed by atoms with Gasteiger partial charge >= 0.3 is 5.97 Å². The highest BCUT2D eigenvalue weighted by atomic mass is 16.4. The molecule has 1 aromatic rings. The van der Waals surface area contributed by atoms with E-state index in [1.165, 1.54) is 18.5 Å². The van der Waals surface area contributed by atoms with Gasteiger partial charge in [-0.3, -0.25) is 9.98 Å². The summed E-state index contributed by atoms with van der Waals surface area (Å²) in [5, 5.41) is 27.8. The molecule has 0 aromatic carbocycles. The Balaban J connectivity index is 2.62. The van der Waals surface area contributed by atoms with Crippen LogP contribution in [0.15, 0.2) is 34.7 Å². The van der Waals surface area contributed by atoms with Crippen molar-refractivity contribution < 1.29 is 9.90 Å². The van der Waals surface area contributed by atoms with Crippen LogP contribution in [-0.4, -0.2) is 21.8 Å². The summed E-state index contributed by atoms with van der Waals surface area (Å²) in [5.41, 5.74) is 2.09. The molecule has 0 aliphatic carbocycles. The molecule has 0 bridgehead atoms. The molecule has 2 atom stereocenters. The van der Waals surface area contributed by atoms with Crippen molar-refractivity contribution in [1.29, 1.82) is 10.5 Å². The minimum atomic E-state index is -1.10. The summed E-state index contributed by atoms with van der Waals surface area (Å²) in [6.45, 7) is 3.43. The summed E-state index contributed by atoms with van der Waals surface area (Å²) < 4.78 is 0. The quantitative estimate of drug-likeness (QED) is 0.893. The summed E-state index contributed by atoms with van der Waals surface area (Å²) in [7, 11) is 0. The van der Waals surface area contributed by atoms with Crippen molar-refractivity contribution in [3.8, 4) is 12.1 Å². The van der Waals surface area contributed by atoms with Gasteiger partial charge in [0, 0.05) is 24.0 Å². The monoisotopic (exact) mass is 280 g/mol. The van der Waals surface area contributed by atoms with Gasteiger partial charge in [-0.1, -0.05) is 0 Å². The smallest absolute Gasteiger partial charge is 0.337 e. The third-order valence-electron chi connectivity index (χ3n) is 3.45. The van der Waals surface area contributed by atoms with E-state index in [0.717, 1.165) is 0 Å². The lowest BCUT2D eigenvalue weighted by Gasteiger charge is -2.26. The average Bonchev–Trinajstić information content (AvgIpc) is 2.46. The van der Waals surface area contributed by atoms with Crippen LogP contribution >= 0.6 is 0 Å². The number of nitriles is 2. The zero-order valence-electron chi connectivity index (χ0n) is 11.5. The van der Waals surface area contributed by atoms with Gasteiger partial charge in [0.25, 0.3) is 0 Å². The van der Waals surface area contributed by atoms with Crippen LogP contribution in [0.3, 0.4) is 0 Å². The number of nitrogens with zero attached hydrogens (tertiary/aromatic N) is 4. The molecule has 0 saturated carbocycles. The van der Waals surface area contributed by atoms with Gasteiger partial charge in [-0.05, 0) is 25.5 Å². The molecule has 0 amide bonds. The second-order valence-corrected chi connectivity index (χ2v) is 4.76. The molecule has 6 heteroatoms. The minimum absolute atomic E-state index is 0.0271. The molecule has 2 rings (SSSR count). The Kier molecular flexibility index (Phi) is 3.82. The zero-order chi connectivity index (χ0) is 15.6. The van der Waals surface area contributed by atoms with Crippen molar-refractivity contribution in [2.24, 2.45) is 10.9 Å². The van der Waals surface area contributed by atoms with Gasteiger partial charge in [0.2, 0.25) is 0 Å². The van der Waals surface area contributed by atoms with E-state index < -0.39 is 17.8 Å². The van der Waals surface area contributed by atoms with Gasteiger partial charge in [-0.25, -0.2) is 4.79 Å². The molecule has 1 N–H and O–H groups in total. The normalized spacial score (nSPS) is 21.2. The first kappa shape index (κ1) is 14.4. The van der Waals surface area contributed by atoms with Crippen molar-refractivity contribution in [2.45, 2.75) is 19.8 Å². The second-order valence-electron chi connectivity index (χ2n) is 4.76. The maximum absolute atomic E-state index is 11.1. The summed E-state index contributed by atoms with van der Waals surface area (Å²) in [4.78, 5) is 19.2. The predicted molar refractivity (Wildman–Crippen MR) is 74.5 cm³/mol. The van der Waals surface area contributed by atoms with Crippen LogP contribution in [-0.2, 0) is 0 Å². The molecule has 1 aliphatic heterocycles. The van der Waals surface area contributed by atoms with E-state index in [1.807, 2.05) is 0 Å². The first-order chi connectivity index (χ1) is 9.99. The molecule has 104 valence electrons. The third-order valence-corrected chi connectivity index (χ3v) is 3.45. The second kappa shape index (κ2) is 5.56. The maximum Gasteiger partial charge on any atom is 0.337 e. The maximum atomic E-state index is 11.1. The minimum Gasteiger partial charge on any atom is -0.478 e. The Morgan fingerprint density at radius 2 is 2.05 bits per heavy atom. The van der Waals surface area contributed by atoms with Gasteiger partial charge in [0.1, 0.15) is 0 Å². The summed E-state index contributed by atoms with van der Waals surface area (Å²) in [5.74, 6) is -2.24. The topological polar surface area (TPSA) is 110 Å². The lowest BCUT2D eigenvalue weighted by atomic mass is 9.77. The van der Waals surface area contributed by atoms with Gasteiger partial charge in [-0.2, -0.15) is 10.5 Å². The summed E-state index contributed by atoms with van der Waals surface area (Å²) in [6, 6.07) is 5.68. The lowest BCUT2D eigenvalue weighted by Crippen LogP contribution is -2.25. The fraction of sp³-hybridized carbons (Fsp3) is 0.267. The van der Waals surface area contributed by atoms with Gasteiger partial charge < -0.3 is 5.11 Å². The highest BCUT2D eigenvalue weighted by molar-refractivity contribution is 5.91. The van der Waals surface area contributed by atoms with Crippen LogP contribution in [0.25, 0.3) is 0 Å². The fourth-order valence-corrected chi connectivity index (χ4v) is 2.45. The number of aliphatic imine (C=N–C) groups is 1. The number of allylic oxidation sites excluding steroid dienone is 2. The number of pyridine rings is 1. The Labute approximate surface area is 121 Å². The van der Waals surface area contributed by atoms with E-state index >= 15 is 0 Å². The molecular weight excluding hydrogens is 268 g/mol. The standard InChI is InChI=1S/C15H12N4O2/c1-8-12(4-16)14(13(5-17)9(2)19-8)10-3-11(15(20)21)7-18-6-10/h3,6-7,12,14H,1-2H3,(H,20,21). The molecular formula is C15H12N4O2. The van der Waals surface area contributed by atoms with Crippen molar-refractivity contribution in [3.63, 3.8) is 0 Å². The summed E-state index contributed by atoms with van der Waals surface area (Å²) >= 11 is 0. The third kappa shape index (κ3) is 2.52. The van der Waals surface area contributed by atoms with E-state index in [4.69, 9.17) is 5.11 Å². The molecule has 0 radical (unpaired) electrons. The van der Waals surface area contributed by atoms with Crippen molar-refractivity contribution >= 4 is 11.7 Å². The molecule has 0 spiro atoms. The van der Waals surface area contributed by atoms with E-state index in [0.29, 0.717) is 22.5 Å². The number of rotatable bonds is 2. The number of hydrogen-bond acceptors (Lipinski definition) is 5. The van der Waals surface area contributed by atoms with Crippen LogP contribution < -0.4 is 0 Å². The molecule has 0 fully saturated rings. The first-order valence-electron chi connectivity index (χ1n) is 6.23. The van der Waals surface area contributed by atoms with Crippen LogP contribution in [0.2, 0.25) is 0 Å². The fourth-order valence-electron chi connectivity index (χ4n) is 2.45. The van der Waals surface area contributed by atoms with Crippen LogP contribution in [0, 0.1) is 28.6 Å². The summed E-state index contributed by atoms with van der Waals surface area (Å²) in [6.07, 6.45) is 2.73.